The number of benzene rings is 1. The molecule has 186 valence electrons. The highest BCUT2D eigenvalue weighted by Crippen LogP contribution is 2.29. The summed E-state index contributed by atoms with van der Waals surface area (Å²) in [5.41, 5.74) is 0.639. The largest absolute Gasteiger partial charge is 0.489 e. The molecule has 2 unspecified atom stereocenters. The number of anilines is 1. The van der Waals surface area contributed by atoms with Crippen LogP contribution in [0.4, 0.5) is 27.8 Å². The third-order valence-electron chi connectivity index (χ3n) is 5.15. The van der Waals surface area contributed by atoms with Crippen molar-refractivity contribution in [3.05, 3.63) is 42.0 Å². The maximum Gasteiger partial charge on any atom is 0.278 e. The zero-order chi connectivity index (χ0) is 24.9. The number of aromatic nitrogens is 2. The standard InChI is InChI=1S/C22H25F5N4O3/c1-13(20(32)28-9-17(23)24)14-3-5-15(6-4-14)34-16-7-8-31(10-16)19-18(25)21(30-12-29-19)33-11-22(2,26)27/h3-6,12-13,16-17H,7-11H2,1-2H3,(H,28,32). The Morgan fingerprint density at radius 2 is 1.97 bits per heavy atom. The Labute approximate surface area is 193 Å². The quantitative estimate of drug-likeness (QED) is 0.513. The second kappa shape index (κ2) is 10.8. The van der Waals surface area contributed by atoms with Crippen LogP contribution in [0.1, 0.15) is 31.7 Å². The third-order valence-corrected chi connectivity index (χ3v) is 5.15. The molecule has 0 aliphatic carbocycles. The maximum atomic E-state index is 14.7. The molecular weight excluding hydrogens is 463 g/mol. The van der Waals surface area contributed by atoms with Gasteiger partial charge in [0.2, 0.25) is 11.7 Å². The summed E-state index contributed by atoms with van der Waals surface area (Å²) >= 11 is 0. The van der Waals surface area contributed by atoms with Crippen LogP contribution in [0.5, 0.6) is 11.6 Å². The molecule has 2 heterocycles. The van der Waals surface area contributed by atoms with E-state index < -0.39 is 49.0 Å². The number of ether oxygens (including phenoxy) is 2. The summed E-state index contributed by atoms with van der Waals surface area (Å²) in [6.45, 7) is 1.28. The van der Waals surface area contributed by atoms with Crippen LogP contribution in [0.15, 0.2) is 30.6 Å². The summed E-state index contributed by atoms with van der Waals surface area (Å²) < 4.78 is 76.0. The lowest BCUT2D eigenvalue weighted by atomic mass is 10.0. The number of hydrogen-bond acceptors (Lipinski definition) is 6. The first kappa shape index (κ1) is 25.4. The van der Waals surface area contributed by atoms with E-state index in [9.17, 15) is 26.7 Å². The van der Waals surface area contributed by atoms with Crippen LogP contribution in [0.25, 0.3) is 0 Å². The molecule has 0 spiro atoms. The lowest BCUT2D eigenvalue weighted by Gasteiger charge is -2.20. The van der Waals surface area contributed by atoms with Crippen molar-refractivity contribution in [1.29, 1.82) is 0 Å². The van der Waals surface area contributed by atoms with Gasteiger partial charge in [-0.05, 0) is 24.6 Å². The van der Waals surface area contributed by atoms with Gasteiger partial charge in [-0.15, -0.1) is 0 Å². The summed E-state index contributed by atoms with van der Waals surface area (Å²) in [5, 5.41) is 2.19. The van der Waals surface area contributed by atoms with Crippen molar-refractivity contribution in [2.45, 2.75) is 44.6 Å². The first-order valence-corrected chi connectivity index (χ1v) is 10.6. The minimum absolute atomic E-state index is 0.0606. The van der Waals surface area contributed by atoms with Crippen LogP contribution in [-0.4, -0.2) is 60.6 Å². The van der Waals surface area contributed by atoms with Crippen molar-refractivity contribution < 1.29 is 36.2 Å². The van der Waals surface area contributed by atoms with Crippen molar-refractivity contribution in [2.75, 3.05) is 31.1 Å². The fourth-order valence-corrected chi connectivity index (χ4v) is 3.39. The lowest BCUT2D eigenvalue weighted by molar-refractivity contribution is -0.122. The second-order valence-corrected chi connectivity index (χ2v) is 8.08. The van der Waals surface area contributed by atoms with Gasteiger partial charge in [0.1, 0.15) is 18.2 Å². The predicted molar refractivity (Wildman–Crippen MR) is 113 cm³/mol. The Balaban J connectivity index is 1.57. The van der Waals surface area contributed by atoms with Gasteiger partial charge in [0.25, 0.3) is 18.2 Å². The van der Waals surface area contributed by atoms with Gasteiger partial charge in [0.05, 0.1) is 19.0 Å². The van der Waals surface area contributed by atoms with E-state index in [-0.39, 0.29) is 11.9 Å². The van der Waals surface area contributed by atoms with Crippen LogP contribution in [0.3, 0.4) is 0 Å². The number of amides is 1. The second-order valence-electron chi connectivity index (χ2n) is 8.08. The van der Waals surface area contributed by atoms with Crippen molar-refractivity contribution in [3.8, 4) is 11.6 Å². The normalized spacial score (nSPS) is 17.1. The Kier molecular flexibility index (Phi) is 8.11. The summed E-state index contributed by atoms with van der Waals surface area (Å²) in [4.78, 5) is 21.1. The van der Waals surface area contributed by atoms with E-state index in [1.165, 1.54) is 0 Å². The molecule has 1 amide bonds. The topological polar surface area (TPSA) is 76.6 Å². The van der Waals surface area contributed by atoms with Crippen molar-refractivity contribution in [3.63, 3.8) is 0 Å². The van der Waals surface area contributed by atoms with Crippen LogP contribution < -0.4 is 19.7 Å². The van der Waals surface area contributed by atoms with Crippen LogP contribution in [0, 0.1) is 5.82 Å². The number of rotatable bonds is 10. The Morgan fingerprint density at radius 1 is 1.26 bits per heavy atom. The van der Waals surface area contributed by atoms with Gasteiger partial charge in [-0.3, -0.25) is 4.79 Å². The van der Waals surface area contributed by atoms with E-state index in [0.717, 1.165) is 6.33 Å². The average Bonchev–Trinajstić information content (AvgIpc) is 3.24. The minimum atomic E-state index is -3.13. The number of nitrogens with zero attached hydrogens (tertiary/aromatic N) is 3. The van der Waals surface area contributed by atoms with Gasteiger partial charge in [0, 0.05) is 19.9 Å². The van der Waals surface area contributed by atoms with Gasteiger partial charge < -0.3 is 19.7 Å². The zero-order valence-electron chi connectivity index (χ0n) is 18.6. The van der Waals surface area contributed by atoms with E-state index in [4.69, 9.17) is 9.47 Å². The van der Waals surface area contributed by atoms with E-state index in [2.05, 4.69) is 15.3 Å². The van der Waals surface area contributed by atoms with Gasteiger partial charge in [0.15, 0.2) is 12.4 Å². The van der Waals surface area contributed by atoms with Gasteiger partial charge in [-0.2, -0.15) is 9.37 Å². The molecule has 12 heteroatoms. The van der Waals surface area contributed by atoms with E-state index in [1.807, 2.05) is 0 Å². The minimum Gasteiger partial charge on any atom is -0.489 e. The first-order chi connectivity index (χ1) is 16.0. The molecule has 1 aromatic carbocycles. The number of hydrogen-bond donors (Lipinski definition) is 1. The molecule has 1 aliphatic rings. The smallest absolute Gasteiger partial charge is 0.278 e. The molecular formula is C22H25F5N4O3. The van der Waals surface area contributed by atoms with Crippen LogP contribution in [0.2, 0.25) is 0 Å². The average molecular weight is 488 g/mol. The monoisotopic (exact) mass is 488 g/mol. The molecule has 1 aromatic heterocycles. The molecule has 0 bridgehead atoms. The van der Waals surface area contributed by atoms with E-state index >= 15 is 0 Å². The molecule has 0 saturated carbocycles. The molecule has 1 fully saturated rings. The number of carbonyl (C=O) groups excluding carboxylic acids is 1. The molecule has 1 saturated heterocycles. The molecule has 1 N–H and O–H groups in total. The van der Waals surface area contributed by atoms with E-state index in [0.29, 0.717) is 37.7 Å². The number of halogens is 5. The fourth-order valence-electron chi connectivity index (χ4n) is 3.39. The summed E-state index contributed by atoms with van der Waals surface area (Å²) in [6, 6.07) is 6.67. The van der Waals surface area contributed by atoms with Gasteiger partial charge in [-0.25, -0.2) is 22.5 Å². The summed E-state index contributed by atoms with van der Waals surface area (Å²) in [6.07, 6.45) is -1.31. The number of carbonyl (C=O) groups is 1. The Hall–Kier alpha value is -3.18. The Bertz CT molecular complexity index is 972. The van der Waals surface area contributed by atoms with Crippen LogP contribution >= 0.6 is 0 Å². The lowest BCUT2D eigenvalue weighted by Crippen LogP contribution is -2.31. The summed E-state index contributed by atoms with van der Waals surface area (Å²) in [7, 11) is 0. The van der Waals surface area contributed by atoms with Crippen molar-refractivity contribution in [2.24, 2.45) is 0 Å². The Morgan fingerprint density at radius 3 is 2.62 bits per heavy atom. The number of alkyl halides is 4. The SMILES string of the molecule is CC(C(=O)NCC(F)F)c1ccc(OC2CCN(c3ncnc(OCC(C)(F)F)c3F)C2)cc1. The summed E-state index contributed by atoms with van der Waals surface area (Å²) in [5.74, 6) is -5.25. The first-order valence-electron chi connectivity index (χ1n) is 10.6. The van der Waals surface area contributed by atoms with Gasteiger partial charge in [-0.1, -0.05) is 12.1 Å². The van der Waals surface area contributed by atoms with Gasteiger partial charge >= 0.3 is 0 Å². The molecule has 1 aliphatic heterocycles. The fraction of sp³-hybridized carbons (Fsp3) is 0.500. The number of nitrogens with one attached hydrogen (secondary N) is 1. The molecule has 7 nitrogen and oxygen atoms in total. The third kappa shape index (κ3) is 6.91. The maximum absolute atomic E-state index is 14.7. The predicted octanol–water partition coefficient (Wildman–Crippen LogP) is 3.79. The molecule has 2 aromatic rings. The molecule has 0 radical (unpaired) electrons. The van der Waals surface area contributed by atoms with Crippen molar-refractivity contribution in [1.82, 2.24) is 15.3 Å². The zero-order valence-corrected chi connectivity index (χ0v) is 18.6. The van der Waals surface area contributed by atoms with Crippen LogP contribution in [-0.2, 0) is 4.79 Å². The highest BCUT2D eigenvalue weighted by atomic mass is 19.3. The molecule has 3 rings (SSSR count). The van der Waals surface area contributed by atoms with Crippen molar-refractivity contribution >= 4 is 11.7 Å². The van der Waals surface area contributed by atoms with E-state index in [1.54, 1.807) is 36.1 Å². The highest BCUT2D eigenvalue weighted by molar-refractivity contribution is 5.83. The molecule has 2 atom stereocenters. The molecule has 34 heavy (non-hydrogen) atoms. The highest BCUT2D eigenvalue weighted by Gasteiger charge is 2.30.